The van der Waals surface area contributed by atoms with Crippen molar-refractivity contribution in [3.63, 3.8) is 0 Å². The number of hydroxylamine groups is 2. The minimum Gasteiger partial charge on any atom is -0.347 e. The second-order valence-electron chi connectivity index (χ2n) is 7.16. The summed E-state index contributed by atoms with van der Waals surface area (Å²) in [6.07, 6.45) is 2.97. The molecule has 3 rings (SSSR count). The normalized spacial score (nSPS) is 26.3. The smallest absolute Gasteiger partial charge is 0.347 e. The van der Waals surface area contributed by atoms with Crippen LogP contribution in [0.25, 0.3) is 0 Å². The number of hydrogen-bond donors (Lipinski definition) is 3. The number of Topliss-reactive ketones (excluding diaryl/α,β-unsaturated/α-hetero) is 1. The van der Waals surface area contributed by atoms with Crippen LogP contribution >= 0.6 is 0 Å². The van der Waals surface area contributed by atoms with Gasteiger partial charge in [-0.3, -0.25) is 14.1 Å². The van der Waals surface area contributed by atoms with Gasteiger partial charge in [-0.15, -0.1) is 4.28 Å². The average molecular weight is 404 g/mol. The quantitative estimate of drug-likeness (QED) is 0.461. The third-order valence-electron chi connectivity index (χ3n) is 5.23. The second kappa shape index (κ2) is 8.09. The zero-order valence-corrected chi connectivity index (χ0v) is 15.6. The molecule has 0 aromatic heterocycles. The van der Waals surface area contributed by atoms with Crippen LogP contribution in [0.5, 0.6) is 0 Å². The summed E-state index contributed by atoms with van der Waals surface area (Å²) in [7, 11) is -4.82. The average Bonchev–Trinajstić information content (AvgIpc) is 2.84. The number of rotatable bonds is 7. The number of piperidine rings is 2. The van der Waals surface area contributed by atoms with E-state index in [1.54, 1.807) is 0 Å². The summed E-state index contributed by atoms with van der Waals surface area (Å²) in [6.45, 7) is 1.82. The molecule has 3 N–H and O–H groups in total. The first-order chi connectivity index (χ1) is 12.7. The fourth-order valence-corrected chi connectivity index (χ4v) is 4.28. The molecule has 3 aliphatic rings. The van der Waals surface area contributed by atoms with Gasteiger partial charge in [-0.25, -0.2) is 4.79 Å². The van der Waals surface area contributed by atoms with Gasteiger partial charge in [0.05, 0.1) is 12.6 Å². The van der Waals surface area contributed by atoms with Crippen LogP contribution in [0.3, 0.4) is 0 Å². The Morgan fingerprint density at radius 2 is 1.93 bits per heavy atom. The van der Waals surface area contributed by atoms with Crippen molar-refractivity contribution in [1.29, 1.82) is 0 Å². The Balaban J connectivity index is 1.50. The molecule has 0 aromatic carbocycles. The van der Waals surface area contributed by atoms with Gasteiger partial charge in [0.1, 0.15) is 6.04 Å². The van der Waals surface area contributed by atoms with Crippen molar-refractivity contribution in [3.05, 3.63) is 0 Å². The molecule has 3 amide bonds. The maximum absolute atomic E-state index is 12.4. The molecule has 0 saturated carbocycles. The van der Waals surface area contributed by atoms with Crippen molar-refractivity contribution >= 4 is 28.1 Å². The van der Waals surface area contributed by atoms with Crippen molar-refractivity contribution in [3.8, 4) is 0 Å². The maximum atomic E-state index is 12.4. The van der Waals surface area contributed by atoms with Crippen molar-refractivity contribution < 1.29 is 31.6 Å². The molecule has 0 radical (unpaired) electrons. The zero-order valence-electron chi connectivity index (χ0n) is 14.8. The number of urea groups is 1. The summed E-state index contributed by atoms with van der Waals surface area (Å²) in [6, 6.07) is -2.14. The highest BCUT2D eigenvalue weighted by molar-refractivity contribution is 7.80. The highest BCUT2D eigenvalue weighted by Gasteiger charge is 2.49. The van der Waals surface area contributed by atoms with Crippen LogP contribution in [-0.2, 0) is 24.3 Å². The van der Waals surface area contributed by atoms with Crippen LogP contribution in [0.2, 0.25) is 0 Å². The van der Waals surface area contributed by atoms with E-state index in [1.807, 2.05) is 0 Å². The molecule has 27 heavy (non-hydrogen) atoms. The minimum absolute atomic E-state index is 0.0481. The molecular formula is C15H24N4O7S. The van der Waals surface area contributed by atoms with E-state index in [9.17, 15) is 22.8 Å². The first-order valence-corrected chi connectivity index (χ1v) is 10.4. The Morgan fingerprint density at radius 1 is 1.22 bits per heavy atom. The molecule has 12 heteroatoms. The first-order valence-electron chi connectivity index (χ1n) is 9.01. The summed E-state index contributed by atoms with van der Waals surface area (Å²) in [5, 5.41) is 6.40. The lowest BCUT2D eigenvalue weighted by molar-refractivity contribution is -0.129. The molecule has 3 heterocycles. The molecule has 3 aliphatic heterocycles. The summed E-state index contributed by atoms with van der Waals surface area (Å²) in [5.74, 6) is -0.167. The Bertz CT molecular complexity index is 707. The predicted molar refractivity (Wildman–Crippen MR) is 91.6 cm³/mol. The minimum atomic E-state index is -4.82. The largest absolute Gasteiger partial charge is 0.418 e. The topological polar surface area (TPSA) is 145 Å². The number of carbonyl (C=O) groups excluding carboxylic acids is 3. The predicted octanol–water partition coefficient (Wildman–Crippen LogP) is -0.936. The standard InChI is InChI=1S/C15H24N4O7S/c20-12(7-10-3-5-16-6-4-10)8-17-14(21)13-2-1-11-9-18(13)15(22)19(11)26-27(23,24)25/h10-11,13,16H,1-9H2,(H,17,21)(H,23,24,25)/t11-,13+/m1/s1. The molecule has 0 aromatic rings. The van der Waals surface area contributed by atoms with Gasteiger partial charge in [0, 0.05) is 13.0 Å². The van der Waals surface area contributed by atoms with Crippen LogP contribution in [0, 0.1) is 5.92 Å². The number of nitrogens with one attached hydrogen (secondary N) is 2. The van der Waals surface area contributed by atoms with E-state index in [2.05, 4.69) is 14.9 Å². The van der Waals surface area contributed by atoms with Crippen LogP contribution < -0.4 is 10.6 Å². The number of carbonyl (C=O) groups is 3. The lowest BCUT2D eigenvalue weighted by Crippen LogP contribution is -2.50. The molecule has 11 nitrogen and oxygen atoms in total. The van der Waals surface area contributed by atoms with Crippen LogP contribution in [0.1, 0.15) is 32.1 Å². The molecule has 0 spiro atoms. The first kappa shape index (κ1) is 20.0. The number of fused-ring (bicyclic) bond motifs is 2. The number of hydrogen-bond acceptors (Lipinski definition) is 7. The number of nitrogens with zero attached hydrogens (tertiary/aromatic N) is 2. The molecule has 3 fully saturated rings. The van der Waals surface area contributed by atoms with E-state index in [0.29, 0.717) is 30.2 Å². The summed E-state index contributed by atoms with van der Waals surface area (Å²) in [4.78, 5) is 38.0. The maximum Gasteiger partial charge on any atom is 0.418 e. The number of amides is 3. The van der Waals surface area contributed by atoms with Gasteiger partial charge in [0.2, 0.25) is 5.91 Å². The molecule has 2 atom stereocenters. The second-order valence-corrected chi connectivity index (χ2v) is 8.17. The van der Waals surface area contributed by atoms with Crippen molar-refractivity contribution in [1.82, 2.24) is 20.6 Å². The van der Waals surface area contributed by atoms with Gasteiger partial charge < -0.3 is 15.5 Å². The van der Waals surface area contributed by atoms with Gasteiger partial charge >= 0.3 is 16.4 Å². The Hall–Kier alpha value is -1.76. The van der Waals surface area contributed by atoms with Gasteiger partial charge in [-0.05, 0) is 44.7 Å². The third-order valence-corrected chi connectivity index (χ3v) is 5.58. The Kier molecular flexibility index (Phi) is 5.99. The molecule has 0 unspecified atom stereocenters. The molecule has 0 aliphatic carbocycles. The number of ketones is 1. The third kappa shape index (κ3) is 4.94. The van der Waals surface area contributed by atoms with E-state index in [1.165, 1.54) is 4.90 Å². The van der Waals surface area contributed by atoms with Gasteiger partial charge in [0.15, 0.2) is 5.78 Å². The van der Waals surface area contributed by atoms with Crippen LogP contribution in [-0.4, -0.2) is 78.9 Å². The van der Waals surface area contributed by atoms with Crippen molar-refractivity contribution in [2.45, 2.75) is 44.2 Å². The Labute approximate surface area is 157 Å². The van der Waals surface area contributed by atoms with E-state index >= 15 is 0 Å². The van der Waals surface area contributed by atoms with E-state index in [0.717, 1.165) is 25.9 Å². The molecule has 3 saturated heterocycles. The van der Waals surface area contributed by atoms with E-state index in [4.69, 9.17) is 4.55 Å². The molecule has 152 valence electrons. The molecule has 2 bridgehead atoms. The van der Waals surface area contributed by atoms with E-state index < -0.39 is 34.4 Å². The van der Waals surface area contributed by atoms with Gasteiger partial charge in [0.25, 0.3) is 0 Å². The van der Waals surface area contributed by atoms with Crippen LogP contribution in [0.4, 0.5) is 4.79 Å². The summed E-state index contributed by atoms with van der Waals surface area (Å²) >= 11 is 0. The Morgan fingerprint density at radius 3 is 2.59 bits per heavy atom. The highest BCUT2D eigenvalue weighted by atomic mass is 32.3. The fraction of sp³-hybridized carbons (Fsp3) is 0.800. The summed E-state index contributed by atoms with van der Waals surface area (Å²) < 4.78 is 34.9. The van der Waals surface area contributed by atoms with Gasteiger partial charge in [-0.1, -0.05) is 0 Å². The SMILES string of the molecule is O=C(CNC(=O)[C@@H]1CC[C@@H]2CN1C(=O)N2OS(=O)(=O)O)CC1CCNCC1. The van der Waals surface area contributed by atoms with Crippen molar-refractivity contribution in [2.24, 2.45) is 5.92 Å². The lowest BCUT2D eigenvalue weighted by atomic mass is 9.92. The zero-order chi connectivity index (χ0) is 19.6. The monoisotopic (exact) mass is 404 g/mol. The van der Waals surface area contributed by atoms with Crippen LogP contribution in [0.15, 0.2) is 0 Å². The lowest BCUT2D eigenvalue weighted by Gasteiger charge is -2.29. The fourth-order valence-electron chi connectivity index (χ4n) is 3.89. The van der Waals surface area contributed by atoms with E-state index in [-0.39, 0.29) is 18.9 Å². The van der Waals surface area contributed by atoms with Crippen molar-refractivity contribution in [2.75, 3.05) is 26.2 Å². The molecular weight excluding hydrogens is 380 g/mol. The summed E-state index contributed by atoms with van der Waals surface area (Å²) in [5.41, 5.74) is 0. The van der Waals surface area contributed by atoms with Gasteiger partial charge in [-0.2, -0.15) is 13.5 Å². The highest BCUT2D eigenvalue weighted by Crippen LogP contribution is 2.30.